The van der Waals surface area contributed by atoms with Crippen LogP contribution in [0.1, 0.15) is 132 Å². The minimum atomic E-state index is -0.337. The van der Waals surface area contributed by atoms with E-state index in [0.29, 0.717) is 11.4 Å². The fourth-order valence-corrected chi connectivity index (χ4v) is 9.56. The van der Waals surface area contributed by atoms with E-state index in [2.05, 4.69) is 236 Å². The van der Waals surface area contributed by atoms with E-state index >= 15 is 0 Å². The summed E-state index contributed by atoms with van der Waals surface area (Å²) in [6, 6.07) is 45.7. The monoisotopic (exact) mass is 927 g/mol. The Hall–Kier alpha value is -6.79. The zero-order chi connectivity index (χ0) is 50.3. The van der Waals surface area contributed by atoms with Gasteiger partial charge in [-0.15, -0.1) is 0 Å². The molecule has 0 atom stereocenters. The lowest BCUT2D eigenvalue weighted by atomic mass is 9.79. The molecule has 6 nitrogen and oxygen atoms in total. The number of furan rings is 1. The third-order valence-corrected chi connectivity index (χ3v) is 13.6. The van der Waals surface area contributed by atoms with Gasteiger partial charge in [0.05, 0.1) is 33.5 Å². The molecule has 358 valence electrons. The molecule has 6 heteroatoms. The van der Waals surface area contributed by atoms with Crippen molar-refractivity contribution in [2.45, 2.75) is 132 Å². The van der Waals surface area contributed by atoms with E-state index in [9.17, 15) is 5.11 Å². The molecule has 0 fully saturated rings. The highest BCUT2D eigenvalue weighted by Gasteiger charge is 2.30. The van der Waals surface area contributed by atoms with E-state index < -0.39 is 0 Å². The number of phenols is 1. The van der Waals surface area contributed by atoms with Crippen LogP contribution in [0, 0.1) is 5.41 Å². The Balaban J connectivity index is 1.31. The number of fused-ring (bicyclic) bond motifs is 2. The number of rotatable bonds is 7. The number of aromatic hydroxyl groups is 1. The molecule has 3 aromatic heterocycles. The number of benzene rings is 6. The molecule has 0 saturated heterocycles. The Morgan fingerprint density at radius 3 is 1.86 bits per heavy atom. The van der Waals surface area contributed by atoms with Crippen molar-refractivity contribution in [3.05, 3.63) is 162 Å². The van der Waals surface area contributed by atoms with Crippen LogP contribution in [0.15, 0.2) is 138 Å². The van der Waals surface area contributed by atoms with Gasteiger partial charge < -0.3 is 9.52 Å². The van der Waals surface area contributed by atoms with Crippen LogP contribution in [0.4, 0.5) is 0 Å². The van der Waals surface area contributed by atoms with Crippen LogP contribution in [-0.2, 0) is 28.1 Å². The van der Waals surface area contributed by atoms with Crippen LogP contribution < -0.4 is 0 Å². The zero-order valence-corrected chi connectivity index (χ0v) is 44.1. The normalized spacial score (nSPS) is 12.9. The SMILES string of the molecule is CC(C)(C)Cc1ccc(-c2ccc3c(-c4cc(-c5cccc6c5nc(-c5cc(C(C)(C)C)cc(C(C)(C)C)c5O)n6-c5ccc(C(C)(C)C)cc5-c5ccccc5)cc(C(C)(C)C)c4)ncnc3c2)o1. The van der Waals surface area contributed by atoms with Crippen molar-refractivity contribution >= 4 is 21.9 Å². The van der Waals surface area contributed by atoms with Crippen LogP contribution in [0.2, 0.25) is 0 Å². The van der Waals surface area contributed by atoms with E-state index in [1.807, 2.05) is 0 Å². The molecule has 0 bridgehead atoms. The van der Waals surface area contributed by atoms with Gasteiger partial charge in [-0.1, -0.05) is 171 Å². The number of nitrogens with zero attached hydrogens (tertiary/aromatic N) is 4. The summed E-state index contributed by atoms with van der Waals surface area (Å²) < 4.78 is 8.65. The summed E-state index contributed by atoms with van der Waals surface area (Å²) in [5, 5.41) is 13.6. The van der Waals surface area contributed by atoms with E-state index in [-0.39, 0.29) is 32.8 Å². The van der Waals surface area contributed by atoms with E-state index in [0.717, 1.165) is 95.8 Å². The number of hydrogen-bond donors (Lipinski definition) is 1. The van der Waals surface area contributed by atoms with E-state index in [1.54, 1.807) is 6.33 Å². The van der Waals surface area contributed by atoms with Crippen LogP contribution in [0.5, 0.6) is 5.75 Å². The number of imidazole rings is 1. The summed E-state index contributed by atoms with van der Waals surface area (Å²) >= 11 is 0. The molecule has 6 aromatic carbocycles. The third-order valence-electron chi connectivity index (χ3n) is 13.6. The molecule has 0 unspecified atom stereocenters. The molecule has 0 amide bonds. The molecule has 0 spiro atoms. The molecular formula is C64H70N4O2. The highest BCUT2D eigenvalue weighted by Crippen LogP contribution is 2.46. The zero-order valence-electron chi connectivity index (χ0n) is 44.1. The van der Waals surface area contributed by atoms with Gasteiger partial charge in [-0.2, -0.15) is 0 Å². The summed E-state index contributed by atoms with van der Waals surface area (Å²) in [5.41, 5.74) is 15.1. The lowest BCUT2D eigenvalue weighted by molar-refractivity contribution is 0.366. The molecular weight excluding hydrogens is 857 g/mol. The van der Waals surface area contributed by atoms with Gasteiger partial charge in [0.1, 0.15) is 29.4 Å². The average molecular weight is 927 g/mol. The van der Waals surface area contributed by atoms with Crippen molar-refractivity contribution in [2.24, 2.45) is 5.41 Å². The largest absolute Gasteiger partial charge is 0.507 e. The second kappa shape index (κ2) is 17.3. The van der Waals surface area contributed by atoms with E-state index in [1.165, 1.54) is 11.1 Å². The van der Waals surface area contributed by atoms with Gasteiger partial charge in [0.15, 0.2) is 0 Å². The number of phenolic OH excluding ortho intramolecular Hbond substituents is 1. The summed E-state index contributed by atoms with van der Waals surface area (Å²) in [7, 11) is 0. The summed E-state index contributed by atoms with van der Waals surface area (Å²) in [4.78, 5) is 15.5. The minimum Gasteiger partial charge on any atom is -0.507 e. The fraction of sp³-hybridized carbons (Fsp3) is 0.328. The van der Waals surface area contributed by atoms with Crippen molar-refractivity contribution in [3.8, 4) is 67.7 Å². The summed E-state index contributed by atoms with van der Waals surface area (Å²) in [5.74, 6) is 2.74. The molecule has 0 aliphatic rings. The first-order valence-corrected chi connectivity index (χ1v) is 24.8. The van der Waals surface area contributed by atoms with Gasteiger partial charge in [0, 0.05) is 39.6 Å². The van der Waals surface area contributed by atoms with Gasteiger partial charge in [-0.3, -0.25) is 4.57 Å². The lowest BCUT2D eigenvalue weighted by Gasteiger charge is -2.28. The van der Waals surface area contributed by atoms with Gasteiger partial charge in [0.25, 0.3) is 0 Å². The van der Waals surface area contributed by atoms with Crippen LogP contribution in [0.3, 0.4) is 0 Å². The Labute approximate surface area is 415 Å². The molecule has 0 radical (unpaired) electrons. The van der Waals surface area contributed by atoms with E-state index in [4.69, 9.17) is 19.4 Å². The average Bonchev–Trinajstić information content (AvgIpc) is 3.91. The quantitative estimate of drug-likeness (QED) is 0.172. The molecule has 0 saturated carbocycles. The molecule has 0 aliphatic carbocycles. The number of para-hydroxylation sites is 1. The Kier molecular flexibility index (Phi) is 11.9. The van der Waals surface area contributed by atoms with Gasteiger partial charge in [0.2, 0.25) is 0 Å². The maximum atomic E-state index is 12.6. The van der Waals surface area contributed by atoms with Gasteiger partial charge in [-0.05, 0) is 116 Å². The number of aromatic nitrogens is 4. The van der Waals surface area contributed by atoms with Gasteiger partial charge in [-0.25, -0.2) is 15.0 Å². The predicted octanol–water partition coefficient (Wildman–Crippen LogP) is 17.4. The highest BCUT2D eigenvalue weighted by molar-refractivity contribution is 5.99. The maximum absolute atomic E-state index is 12.6. The smallest absolute Gasteiger partial charge is 0.149 e. The first-order valence-electron chi connectivity index (χ1n) is 24.8. The summed E-state index contributed by atoms with van der Waals surface area (Å²) in [6.45, 7) is 33.4. The second-order valence-electron chi connectivity index (χ2n) is 24.7. The second-order valence-corrected chi connectivity index (χ2v) is 24.7. The van der Waals surface area contributed by atoms with Crippen LogP contribution >= 0.6 is 0 Å². The van der Waals surface area contributed by atoms with Crippen molar-refractivity contribution < 1.29 is 9.52 Å². The topological polar surface area (TPSA) is 77.0 Å². The Morgan fingerprint density at radius 1 is 0.514 bits per heavy atom. The highest BCUT2D eigenvalue weighted by atomic mass is 16.3. The lowest BCUT2D eigenvalue weighted by Crippen LogP contribution is -2.17. The maximum Gasteiger partial charge on any atom is 0.149 e. The van der Waals surface area contributed by atoms with Crippen molar-refractivity contribution in [3.63, 3.8) is 0 Å². The van der Waals surface area contributed by atoms with Crippen molar-refractivity contribution in [1.29, 1.82) is 0 Å². The van der Waals surface area contributed by atoms with Crippen molar-refractivity contribution in [2.75, 3.05) is 0 Å². The fourth-order valence-electron chi connectivity index (χ4n) is 9.56. The Bertz CT molecular complexity index is 3430. The molecule has 3 heterocycles. The van der Waals surface area contributed by atoms with Crippen LogP contribution in [0.25, 0.3) is 83.8 Å². The first kappa shape index (κ1) is 48.2. The third kappa shape index (κ3) is 9.45. The van der Waals surface area contributed by atoms with Gasteiger partial charge >= 0.3 is 0 Å². The number of hydrogen-bond acceptors (Lipinski definition) is 5. The van der Waals surface area contributed by atoms with Crippen molar-refractivity contribution in [1.82, 2.24) is 19.5 Å². The van der Waals surface area contributed by atoms with Crippen LogP contribution in [-0.4, -0.2) is 24.6 Å². The predicted molar refractivity (Wildman–Crippen MR) is 293 cm³/mol. The Morgan fingerprint density at radius 2 is 1.19 bits per heavy atom. The first-order chi connectivity index (χ1) is 32.7. The molecule has 70 heavy (non-hydrogen) atoms. The standard InChI is InChI=1S/C64H70N4O2/c1-60(2,3)37-46-26-29-55(70-46)40-24-27-48-52(33-40)65-38-66-56(48)42-30-41(31-44(32-42)62(7,8)9)47-22-19-23-54-57(47)67-59(50-35-45(63(10,11)12)36-51(58(50)69)64(13,14)15)68(54)53-28-25-43(61(4,5)6)34-49(53)39-20-17-16-18-21-39/h16-36,38,69H,37H2,1-15H3. The summed E-state index contributed by atoms with van der Waals surface area (Å²) in [6.07, 6.45) is 2.53. The molecule has 1 N–H and O–H groups in total. The molecule has 9 rings (SSSR count). The molecule has 9 aromatic rings. The molecule has 0 aliphatic heterocycles. The minimum absolute atomic E-state index is 0.0849.